The van der Waals surface area contributed by atoms with Gasteiger partial charge in [0.2, 0.25) is 0 Å². The molecule has 0 bridgehead atoms. The third-order valence-corrected chi connectivity index (χ3v) is 5.30. The van der Waals surface area contributed by atoms with Gasteiger partial charge in [-0.1, -0.05) is 36.8 Å². The number of benzene rings is 2. The molecule has 2 nitrogen and oxygen atoms in total. The minimum absolute atomic E-state index is 0.269. The highest BCUT2D eigenvalue weighted by molar-refractivity contribution is 5.70. The minimum Gasteiger partial charge on any atom is -0.325 e. The molecular formula is C23H30N2. The predicted octanol–water partition coefficient (Wildman–Crippen LogP) is 5.93. The summed E-state index contributed by atoms with van der Waals surface area (Å²) < 4.78 is 0. The third kappa shape index (κ3) is 3.06. The monoisotopic (exact) mass is 334 g/mol. The van der Waals surface area contributed by atoms with E-state index in [-0.39, 0.29) is 6.17 Å². The molecule has 3 rings (SSSR count). The molecule has 0 radical (unpaired) electrons. The van der Waals surface area contributed by atoms with Crippen LogP contribution < -0.4 is 9.80 Å². The van der Waals surface area contributed by atoms with Crippen LogP contribution in [0.1, 0.15) is 47.2 Å². The van der Waals surface area contributed by atoms with E-state index in [0.29, 0.717) is 0 Å². The van der Waals surface area contributed by atoms with Gasteiger partial charge >= 0.3 is 0 Å². The van der Waals surface area contributed by atoms with Gasteiger partial charge in [0, 0.05) is 23.8 Å². The second kappa shape index (κ2) is 6.59. The third-order valence-electron chi connectivity index (χ3n) is 5.30. The molecule has 0 aromatic heterocycles. The Morgan fingerprint density at radius 1 is 0.720 bits per heavy atom. The van der Waals surface area contributed by atoms with Crippen molar-refractivity contribution in [1.82, 2.24) is 0 Å². The maximum Gasteiger partial charge on any atom is 0.107 e. The van der Waals surface area contributed by atoms with Crippen LogP contribution in [0, 0.1) is 34.6 Å². The quantitative estimate of drug-likeness (QED) is 0.686. The molecular weight excluding hydrogens is 304 g/mol. The first-order valence-electron chi connectivity index (χ1n) is 9.26. The van der Waals surface area contributed by atoms with Crippen LogP contribution in [0.15, 0.2) is 36.7 Å². The van der Waals surface area contributed by atoms with E-state index in [9.17, 15) is 0 Å². The lowest BCUT2D eigenvalue weighted by Crippen LogP contribution is -2.37. The Morgan fingerprint density at radius 2 is 1.12 bits per heavy atom. The van der Waals surface area contributed by atoms with Crippen LogP contribution >= 0.6 is 0 Å². The molecule has 1 heterocycles. The Morgan fingerprint density at radius 3 is 1.52 bits per heavy atom. The molecule has 2 aromatic rings. The normalized spacial score (nSPS) is 16.8. The van der Waals surface area contributed by atoms with Crippen molar-refractivity contribution in [3.63, 3.8) is 0 Å². The molecule has 0 fully saturated rings. The van der Waals surface area contributed by atoms with Gasteiger partial charge < -0.3 is 9.80 Å². The lowest BCUT2D eigenvalue weighted by Gasteiger charge is -2.33. The number of hydrogen-bond donors (Lipinski definition) is 0. The summed E-state index contributed by atoms with van der Waals surface area (Å²) in [6.07, 6.45) is 5.80. The van der Waals surface area contributed by atoms with Crippen LogP contribution in [0.4, 0.5) is 11.4 Å². The molecule has 25 heavy (non-hydrogen) atoms. The van der Waals surface area contributed by atoms with Crippen LogP contribution in [0.2, 0.25) is 0 Å². The molecule has 0 spiro atoms. The fraction of sp³-hybridized carbons (Fsp3) is 0.391. The Hall–Kier alpha value is -2.22. The van der Waals surface area contributed by atoms with Gasteiger partial charge in [0.25, 0.3) is 0 Å². The van der Waals surface area contributed by atoms with Gasteiger partial charge in [0.1, 0.15) is 6.17 Å². The number of hydrogen-bond acceptors (Lipinski definition) is 2. The van der Waals surface area contributed by atoms with Gasteiger partial charge in [-0.05, 0) is 75.8 Å². The zero-order valence-electron chi connectivity index (χ0n) is 16.6. The van der Waals surface area contributed by atoms with Crippen LogP contribution in [-0.4, -0.2) is 6.17 Å². The van der Waals surface area contributed by atoms with E-state index in [1.54, 1.807) is 0 Å². The van der Waals surface area contributed by atoms with E-state index >= 15 is 0 Å². The van der Waals surface area contributed by atoms with Gasteiger partial charge in [0.05, 0.1) is 0 Å². The Bertz CT molecular complexity index is 786. The fourth-order valence-electron chi connectivity index (χ4n) is 4.29. The molecule has 1 aliphatic heterocycles. The molecule has 2 aromatic carbocycles. The van der Waals surface area contributed by atoms with Crippen molar-refractivity contribution in [2.24, 2.45) is 0 Å². The van der Waals surface area contributed by atoms with Crippen molar-refractivity contribution < 1.29 is 0 Å². The largest absolute Gasteiger partial charge is 0.325 e. The number of anilines is 2. The zero-order valence-corrected chi connectivity index (χ0v) is 16.6. The maximum absolute atomic E-state index is 2.41. The van der Waals surface area contributed by atoms with E-state index in [4.69, 9.17) is 0 Å². The summed E-state index contributed by atoms with van der Waals surface area (Å²) >= 11 is 0. The summed E-state index contributed by atoms with van der Waals surface area (Å²) in [5.74, 6) is 0. The molecule has 2 heteroatoms. The lowest BCUT2D eigenvalue weighted by atomic mass is 10.0. The van der Waals surface area contributed by atoms with Crippen molar-refractivity contribution in [3.8, 4) is 0 Å². The summed E-state index contributed by atoms with van der Waals surface area (Å²) in [6, 6.07) is 9.21. The highest BCUT2D eigenvalue weighted by Crippen LogP contribution is 2.36. The summed E-state index contributed by atoms with van der Waals surface area (Å²) in [6.45, 7) is 15.6. The molecule has 1 unspecified atom stereocenters. The molecule has 0 aliphatic carbocycles. The van der Waals surface area contributed by atoms with Crippen LogP contribution in [-0.2, 0) is 6.42 Å². The van der Waals surface area contributed by atoms with Crippen LogP contribution in [0.3, 0.4) is 0 Å². The van der Waals surface area contributed by atoms with Crippen molar-refractivity contribution in [2.75, 3.05) is 9.80 Å². The van der Waals surface area contributed by atoms with Crippen molar-refractivity contribution in [3.05, 3.63) is 70.0 Å². The summed E-state index contributed by atoms with van der Waals surface area (Å²) in [5.41, 5.74) is 10.8. The average Bonchev–Trinajstić information content (AvgIpc) is 2.87. The maximum atomic E-state index is 2.41. The first-order valence-corrected chi connectivity index (χ1v) is 9.26. The molecule has 132 valence electrons. The second-order valence-corrected chi connectivity index (χ2v) is 7.42. The van der Waals surface area contributed by atoms with Crippen LogP contribution in [0.25, 0.3) is 0 Å². The highest BCUT2D eigenvalue weighted by Gasteiger charge is 2.28. The van der Waals surface area contributed by atoms with Crippen molar-refractivity contribution in [1.29, 1.82) is 0 Å². The lowest BCUT2D eigenvalue weighted by molar-refractivity contribution is 0.742. The number of rotatable bonds is 3. The molecule has 0 saturated carbocycles. The zero-order chi connectivity index (χ0) is 18.3. The van der Waals surface area contributed by atoms with Gasteiger partial charge in [-0.2, -0.15) is 0 Å². The molecule has 0 saturated heterocycles. The number of nitrogens with zero attached hydrogens (tertiary/aromatic N) is 2. The van der Waals surface area contributed by atoms with Gasteiger partial charge in [-0.25, -0.2) is 0 Å². The van der Waals surface area contributed by atoms with E-state index in [2.05, 4.69) is 94.9 Å². The van der Waals surface area contributed by atoms with Gasteiger partial charge in [-0.3, -0.25) is 0 Å². The summed E-state index contributed by atoms with van der Waals surface area (Å²) in [7, 11) is 0. The van der Waals surface area contributed by atoms with Gasteiger partial charge in [0.15, 0.2) is 0 Å². The predicted molar refractivity (Wildman–Crippen MR) is 110 cm³/mol. The summed E-state index contributed by atoms with van der Waals surface area (Å²) in [4.78, 5) is 4.81. The first-order chi connectivity index (χ1) is 11.8. The standard InChI is InChI=1S/C23H30N2/c1-8-21-13-18(5)23(19(6)14-21)25-10-9-24(20(25)7)22-16(3)11-15(2)12-17(22)4/h9-14,20H,8H2,1-7H3. The molecule has 0 N–H and O–H groups in total. The van der Waals surface area contributed by atoms with Crippen LogP contribution in [0.5, 0.6) is 0 Å². The SMILES string of the molecule is CCc1cc(C)c(N2C=CN(c3c(C)cc(C)cc3C)C2C)c(C)c1. The van der Waals surface area contributed by atoms with E-state index in [1.807, 2.05) is 0 Å². The average molecular weight is 335 g/mol. The Kier molecular flexibility index (Phi) is 4.64. The molecule has 1 aliphatic rings. The van der Waals surface area contributed by atoms with Crippen molar-refractivity contribution >= 4 is 11.4 Å². The number of aryl methyl sites for hydroxylation is 6. The highest BCUT2D eigenvalue weighted by atomic mass is 15.4. The topological polar surface area (TPSA) is 6.48 Å². The van der Waals surface area contributed by atoms with Crippen molar-refractivity contribution in [2.45, 2.75) is 61.1 Å². The molecule has 0 amide bonds. The van der Waals surface area contributed by atoms with E-state index in [1.165, 1.54) is 44.8 Å². The minimum atomic E-state index is 0.269. The Labute approximate surface area is 152 Å². The van der Waals surface area contributed by atoms with E-state index in [0.717, 1.165) is 6.42 Å². The molecule has 1 atom stereocenters. The van der Waals surface area contributed by atoms with E-state index < -0.39 is 0 Å². The first kappa shape index (κ1) is 17.6. The summed E-state index contributed by atoms with van der Waals surface area (Å²) in [5, 5.41) is 0. The smallest absolute Gasteiger partial charge is 0.107 e. The van der Waals surface area contributed by atoms with Gasteiger partial charge in [-0.15, -0.1) is 0 Å². The fourth-order valence-corrected chi connectivity index (χ4v) is 4.29. The Balaban J connectivity index is 1.99. The second-order valence-electron chi connectivity index (χ2n) is 7.42.